The van der Waals surface area contributed by atoms with E-state index in [0.29, 0.717) is 31.3 Å². The van der Waals surface area contributed by atoms with Crippen molar-refractivity contribution < 1.29 is 22.7 Å². The number of aliphatic hydroxyl groups excluding tert-OH is 1. The Labute approximate surface area is 144 Å². The molecule has 1 aliphatic heterocycles. The lowest BCUT2D eigenvalue weighted by atomic mass is 10.2. The first-order chi connectivity index (χ1) is 11.8. The smallest absolute Gasteiger partial charge is 0.255 e. The molecule has 1 unspecified atom stereocenters. The minimum Gasteiger partial charge on any atom is -0.479 e. The van der Waals surface area contributed by atoms with Gasteiger partial charge in [0, 0.05) is 12.8 Å². The predicted molar refractivity (Wildman–Crippen MR) is 86.5 cm³/mol. The molecule has 0 fully saturated rings. The summed E-state index contributed by atoms with van der Waals surface area (Å²) in [4.78, 5) is 9.84. The number of anilines is 1. The van der Waals surface area contributed by atoms with E-state index >= 15 is 0 Å². The molecule has 1 aliphatic rings. The molecule has 0 amide bonds. The minimum atomic E-state index is -3.32. The van der Waals surface area contributed by atoms with Gasteiger partial charge in [-0.1, -0.05) is 0 Å². The van der Waals surface area contributed by atoms with E-state index in [1.54, 1.807) is 10.7 Å². The summed E-state index contributed by atoms with van der Waals surface area (Å²) in [5, 5.41) is 14.3. The molecule has 3 rings (SSSR count). The van der Waals surface area contributed by atoms with E-state index < -0.39 is 21.8 Å². The van der Waals surface area contributed by atoms with Gasteiger partial charge in [-0.2, -0.15) is 14.5 Å². The summed E-state index contributed by atoms with van der Waals surface area (Å²) >= 11 is 0. The molecule has 0 saturated carbocycles. The topological polar surface area (TPSA) is 110 Å². The molecule has 0 bridgehead atoms. The largest absolute Gasteiger partial charge is 0.479 e. The van der Waals surface area contributed by atoms with E-state index in [-0.39, 0.29) is 11.6 Å². The molecular formula is C14H18FN5O4S. The summed E-state index contributed by atoms with van der Waals surface area (Å²) in [6.45, 7) is 1.43. The Morgan fingerprint density at radius 3 is 2.88 bits per heavy atom. The normalized spacial score (nSPS) is 15.8. The van der Waals surface area contributed by atoms with Gasteiger partial charge in [0.2, 0.25) is 11.8 Å². The van der Waals surface area contributed by atoms with Crippen LogP contribution in [-0.2, 0) is 22.9 Å². The molecule has 0 aromatic carbocycles. The summed E-state index contributed by atoms with van der Waals surface area (Å²) < 4.78 is 42.7. The summed E-state index contributed by atoms with van der Waals surface area (Å²) in [6, 6.07) is 1.66. The summed E-state index contributed by atoms with van der Waals surface area (Å²) in [6.07, 6.45) is 0.936. The third kappa shape index (κ3) is 3.87. The standard InChI is InChI=1S/C14H18FN5O4S/c1-24-13-10(15)6-16-14(17-13)19-3-4-20-9(7-19)5-11(18-20)12(21)8-25(2,22)23/h5-6,12,21H,3-4,7-8H2,1-2H3. The monoisotopic (exact) mass is 371 g/mol. The molecular weight excluding hydrogens is 353 g/mol. The van der Waals surface area contributed by atoms with E-state index in [4.69, 9.17) is 4.74 Å². The molecule has 1 N–H and O–H groups in total. The highest BCUT2D eigenvalue weighted by molar-refractivity contribution is 7.90. The van der Waals surface area contributed by atoms with E-state index in [1.165, 1.54) is 7.11 Å². The third-order valence-electron chi connectivity index (χ3n) is 3.79. The zero-order valence-electron chi connectivity index (χ0n) is 13.8. The maximum Gasteiger partial charge on any atom is 0.255 e. The molecule has 11 heteroatoms. The zero-order valence-corrected chi connectivity index (χ0v) is 14.6. The van der Waals surface area contributed by atoms with Crippen LogP contribution in [0.3, 0.4) is 0 Å². The lowest BCUT2D eigenvalue weighted by Gasteiger charge is -2.27. The number of fused-ring (bicyclic) bond motifs is 1. The molecule has 0 spiro atoms. The third-order valence-corrected chi connectivity index (χ3v) is 4.72. The Balaban J connectivity index is 1.80. The van der Waals surface area contributed by atoms with Gasteiger partial charge in [-0.15, -0.1) is 0 Å². The number of aliphatic hydroxyl groups is 1. The Morgan fingerprint density at radius 1 is 1.44 bits per heavy atom. The lowest BCUT2D eigenvalue weighted by molar-refractivity contribution is 0.195. The number of methoxy groups -OCH3 is 1. The van der Waals surface area contributed by atoms with Crippen molar-refractivity contribution in [3.63, 3.8) is 0 Å². The first kappa shape index (κ1) is 17.5. The van der Waals surface area contributed by atoms with Gasteiger partial charge in [0.15, 0.2) is 0 Å². The van der Waals surface area contributed by atoms with Gasteiger partial charge in [-0.3, -0.25) is 4.68 Å². The van der Waals surface area contributed by atoms with E-state index in [0.717, 1.165) is 18.1 Å². The first-order valence-corrected chi connectivity index (χ1v) is 9.57. The first-order valence-electron chi connectivity index (χ1n) is 7.50. The second kappa shape index (κ2) is 6.56. The molecule has 25 heavy (non-hydrogen) atoms. The van der Waals surface area contributed by atoms with Crippen LogP contribution in [0, 0.1) is 5.82 Å². The highest BCUT2D eigenvalue weighted by Gasteiger charge is 2.24. The van der Waals surface area contributed by atoms with Crippen LogP contribution >= 0.6 is 0 Å². The maximum atomic E-state index is 13.4. The average Bonchev–Trinajstić information content (AvgIpc) is 2.97. The van der Waals surface area contributed by atoms with Crippen molar-refractivity contribution in [2.75, 3.05) is 30.6 Å². The van der Waals surface area contributed by atoms with Crippen molar-refractivity contribution in [3.8, 4) is 5.88 Å². The van der Waals surface area contributed by atoms with Crippen LogP contribution in [0.25, 0.3) is 0 Å². The lowest BCUT2D eigenvalue weighted by Crippen LogP contribution is -2.35. The quantitative estimate of drug-likeness (QED) is 0.777. The SMILES string of the molecule is COc1nc(N2CCn3nc(C(O)CS(C)(=O)=O)cc3C2)ncc1F. The number of sulfone groups is 1. The van der Waals surface area contributed by atoms with Crippen LogP contribution in [-0.4, -0.2) is 58.9 Å². The molecule has 3 heterocycles. The van der Waals surface area contributed by atoms with E-state index in [1.807, 2.05) is 4.90 Å². The summed E-state index contributed by atoms with van der Waals surface area (Å²) in [5.41, 5.74) is 1.08. The number of rotatable bonds is 5. The van der Waals surface area contributed by atoms with E-state index in [2.05, 4.69) is 15.1 Å². The number of ether oxygens (including phenoxy) is 1. The predicted octanol–water partition coefficient (Wildman–Crippen LogP) is -0.0810. The van der Waals surface area contributed by atoms with E-state index in [9.17, 15) is 17.9 Å². The van der Waals surface area contributed by atoms with Crippen molar-refractivity contribution in [2.45, 2.75) is 19.2 Å². The second-order valence-corrected chi connectivity index (χ2v) is 8.03. The van der Waals surface area contributed by atoms with Crippen molar-refractivity contribution >= 4 is 15.8 Å². The molecule has 0 radical (unpaired) electrons. The van der Waals surface area contributed by atoms with Gasteiger partial charge in [0.05, 0.1) is 43.5 Å². The fraction of sp³-hybridized carbons (Fsp3) is 0.500. The van der Waals surface area contributed by atoms with Crippen LogP contribution in [0.1, 0.15) is 17.5 Å². The molecule has 9 nitrogen and oxygen atoms in total. The van der Waals surface area contributed by atoms with Crippen LogP contribution in [0.15, 0.2) is 12.3 Å². The van der Waals surface area contributed by atoms with Gasteiger partial charge in [0.25, 0.3) is 5.88 Å². The number of halogens is 1. The Hall–Kier alpha value is -2.27. The van der Waals surface area contributed by atoms with Crippen molar-refractivity contribution in [2.24, 2.45) is 0 Å². The van der Waals surface area contributed by atoms with Crippen molar-refractivity contribution in [3.05, 3.63) is 29.5 Å². The van der Waals surface area contributed by atoms with Crippen LogP contribution in [0.4, 0.5) is 10.3 Å². The van der Waals surface area contributed by atoms with Crippen LogP contribution in [0.5, 0.6) is 5.88 Å². The Kier molecular flexibility index (Phi) is 4.60. The van der Waals surface area contributed by atoms with Crippen LogP contribution < -0.4 is 9.64 Å². The Bertz CT molecular complexity index is 885. The van der Waals surface area contributed by atoms with Crippen LogP contribution in [0.2, 0.25) is 0 Å². The molecule has 2 aromatic heterocycles. The van der Waals surface area contributed by atoms with Gasteiger partial charge >= 0.3 is 0 Å². The van der Waals surface area contributed by atoms with Crippen molar-refractivity contribution in [1.82, 2.24) is 19.7 Å². The van der Waals surface area contributed by atoms with Gasteiger partial charge in [0.1, 0.15) is 15.9 Å². The zero-order chi connectivity index (χ0) is 18.2. The average molecular weight is 371 g/mol. The summed E-state index contributed by atoms with van der Waals surface area (Å²) in [5.74, 6) is -0.831. The molecule has 1 atom stereocenters. The number of hydrogen-bond acceptors (Lipinski definition) is 8. The highest BCUT2D eigenvalue weighted by Crippen LogP contribution is 2.23. The molecule has 2 aromatic rings. The molecule has 136 valence electrons. The highest BCUT2D eigenvalue weighted by atomic mass is 32.2. The number of aromatic nitrogens is 4. The summed E-state index contributed by atoms with van der Waals surface area (Å²) in [7, 11) is -1.99. The van der Waals surface area contributed by atoms with Gasteiger partial charge in [-0.05, 0) is 6.07 Å². The van der Waals surface area contributed by atoms with Crippen molar-refractivity contribution in [1.29, 1.82) is 0 Å². The number of hydrogen-bond donors (Lipinski definition) is 1. The van der Waals surface area contributed by atoms with Gasteiger partial charge in [-0.25, -0.2) is 13.4 Å². The maximum absolute atomic E-state index is 13.4. The minimum absolute atomic E-state index is 0.131. The Morgan fingerprint density at radius 2 is 2.20 bits per heavy atom. The fourth-order valence-corrected chi connectivity index (χ4v) is 3.38. The number of nitrogens with zero attached hydrogens (tertiary/aromatic N) is 5. The molecule has 0 aliphatic carbocycles. The molecule has 0 saturated heterocycles. The van der Waals surface area contributed by atoms with Gasteiger partial charge < -0.3 is 14.7 Å². The second-order valence-electron chi connectivity index (χ2n) is 5.84. The fourth-order valence-electron chi connectivity index (χ4n) is 2.63.